The van der Waals surface area contributed by atoms with Crippen molar-refractivity contribution in [3.8, 4) is 5.75 Å². The Bertz CT molecular complexity index is 382. The Labute approximate surface area is 115 Å². The summed E-state index contributed by atoms with van der Waals surface area (Å²) in [6, 6.07) is 5.01. The number of ether oxygens (including phenoxy) is 1. The first-order valence-electron chi connectivity index (χ1n) is 6.89. The van der Waals surface area contributed by atoms with Crippen molar-refractivity contribution >= 4 is 5.69 Å². The number of hydrogen-bond acceptors (Lipinski definition) is 3. The molecule has 0 amide bonds. The lowest BCUT2D eigenvalue weighted by Gasteiger charge is -2.21. The average molecular weight is 268 g/mol. The lowest BCUT2D eigenvalue weighted by atomic mass is 9.95. The Kier molecular flexibility index (Phi) is 6.64. The highest BCUT2D eigenvalue weighted by molar-refractivity contribution is 5.47. The third-order valence-corrected chi connectivity index (χ3v) is 3.21. The van der Waals surface area contributed by atoms with Crippen LogP contribution in [-0.4, -0.2) is 26.7 Å². The molecule has 1 aromatic carbocycles. The highest BCUT2D eigenvalue weighted by atomic mass is 19.1. The summed E-state index contributed by atoms with van der Waals surface area (Å²) in [6.07, 6.45) is 0. The molecule has 4 heteroatoms. The van der Waals surface area contributed by atoms with Crippen LogP contribution < -0.4 is 15.4 Å². The Balaban J connectivity index is 2.59. The van der Waals surface area contributed by atoms with Crippen molar-refractivity contribution in [2.75, 3.05) is 32.1 Å². The first kappa shape index (κ1) is 15.8. The van der Waals surface area contributed by atoms with Crippen LogP contribution in [0, 0.1) is 17.7 Å². The average Bonchev–Trinajstić information content (AvgIpc) is 2.37. The van der Waals surface area contributed by atoms with Gasteiger partial charge in [0.2, 0.25) is 0 Å². The smallest absolute Gasteiger partial charge is 0.167 e. The SMILES string of the molecule is CCOc1ccc(NCC(CNC)C(C)C)cc1F. The maximum Gasteiger partial charge on any atom is 0.167 e. The van der Waals surface area contributed by atoms with Crippen molar-refractivity contribution in [2.24, 2.45) is 11.8 Å². The van der Waals surface area contributed by atoms with Crippen LogP contribution in [-0.2, 0) is 0 Å². The zero-order valence-electron chi connectivity index (χ0n) is 12.3. The van der Waals surface area contributed by atoms with E-state index in [-0.39, 0.29) is 5.82 Å². The summed E-state index contributed by atoms with van der Waals surface area (Å²) in [5, 5.41) is 6.47. The van der Waals surface area contributed by atoms with Gasteiger partial charge in [-0.15, -0.1) is 0 Å². The zero-order valence-corrected chi connectivity index (χ0v) is 12.3. The number of benzene rings is 1. The predicted molar refractivity (Wildman–Crippen MR) is 78.3 cm³/mol. The van der Waals surface area contributed by atoms with Crippen LogP contribution in [0.4, 0.5) is 10.1 Å². The lowest BCUT2D eigenvalue weighted by molar-refractivity contribution is 0.321. The highest BCUT2D eigenvalue weighted by Gasteiger charge is 2.12. The molecule has 0 bridgehead atoms. The molecule has 1 rings (SSSR count). The molecule has 0 fully saturated rings. The van der Waals surface area contributed by atoms with Gasteiger partial charge in [0.25, 0.3) is 0 Å². The van der Waals surface area contributed by atoms with Crippen LogP contribution >= 0.6 is 0 Å². The lowest BCUT2D eigenvalue weighted by Crippen LogP contribution is -2.29. The van der Waals surface area contributed by atoms with Crippen LogP contribution in [0.25, 0.3) is 0 Å². The van der Waals surface area contributed by atoms with Gasteiger partial charge in [0.1, 0.15) is 0 Å². The molecule has 108 valence electrons. The molecule has 0 spiro atoms. The molecule has 2 N–H and O–H groups in total. The number of rotatable bonds is 8. The van der Waals surface area contributed by atoms with E-state index in [1.807, 2.05) is 20.0 Å². The Morgan fingerprint density at radius 3 is 2.53 bits per heavy atom. The van der Waals surface area contributed by atoms with Crippen molar-refractivity contribution in [3.63, 3.8) is 0 Å². The van der Waals surface area contributed by atoms with Gasteiger partial charge in [-0.1, -0.05) is 13.8 Å². The number of anilines is 1. The van der Waals surface area contributed by atoms with Crippen LogP contribution in [0.1, 0.15) is 20.8 Å². The molecule has 0 aromatic heterocycles. The molecule has 0 saturated carbocycles. The monoisotopic (exact) mass is 268 g/mol. The molecular weight excluding hydrogens is 243 g/mol. The van der Waals surface area contributed by atoms with E-state index in [2.05, 4.69) is 24.5 Å². The molecule has 1 atom stereocenters. The van der Waals surface area contributed by atoms with Crippen molar-refractivity contribution in [3.05, 3.63) is 24.0 Å². The largest absolute Gasteiger partial charge is 0.491 e. The van der Waals surface area contributed by atoms with E-state index in [0.717, 1.165) is 18.8 Å². The standard InChI is InChI=1S/C15H25FN2O/c1-5-19-15-7-6-13(8-14(15)16)18-10-12(9-17-4)11(2)3/h6-8,11-12,17-18H,5,9-10H2,1-4H3. The molecule has 19 heavy (non-hydrogen) atoms. The van der Waals surface area contributed by atoms with Crippen molar-refractivity contribution in [1.29, 1.82) is 0 Å². The van der Waals surface area contributed by atoms with Gasteiger partial charge >= 0.3 is 0 Å². The Morgan fingerprint density at radius 1 is 1.26 bits per heavy atom. The summed E-state index contributed by atoms with van der Waals surface area (Å²) in [6.45, 7) is 8.49. The topological polar surface area (TPSA) is 33.3 Å². The molecular formula is C15H25FN2O. The summed E-state index contributed by atoms with van der Waals surface area (Å²) in [7, 11) is 1.95. The van der Waals surface area contributed by atoms with Crippen molar-refractivity contribution in [1.82, 2.24) is 5.32 Å². The van der Waals surface area contributed by atoms with Crippen molar-refractivity contribution < 1.29 is 9.13 Å². The number of halogens is 1. The van der Waals surface area contributed by atoms with E-state index in [1.54, 1.807) is 6.07 Å². The molecule has 0 aliphatic rings. The maximum absolute atomic E-state index is 13.7. The highest BCUT2D eigenvalue weighted by Crippen LogP contribution is 2.21. The van der Waals surface area contributed by atoms with Crippen LogP contribution in [0.15, 0.2) is 18.2 Å². The molecule has 3 nitrogen and oxygen atoms in total. The van der Waals surface area contributed by atoms with E-state index in [4.69, 9.17) is 4.74 Å². The van der Waals surface area contributed by atoms with Gasteiger partial charge in [0.05, 0.1) is 6.61 Å². The summed E-state index contributed by atoms with van der Waals surface area (Å²) in [5.74, 6) is 1.08. The predicted octanol–water partition coefficient (Wildman–Crippen LogP) is 3.13. The maximum atomic E-state index is 13.7. The first-order chi connectivity index (χ1) is 9.08. The van der Waals surface area contributed by atoms with Crippen molar-refractivity contribution in [2.45, 2.75) is 20.8 Å². The molecule has 1 unspecified atom stereocenters. The van der Waals surface area contributed by atoms with E-state index in [1.165, 1.54) is 6.07 Å². The van der Waals surface area contributed by atoms with Crippen LogP contribution in [0.5, 0.6) is 5.75 Å². The third-order valence-electron chi connectivity index (χ3n) is 3.21. The van der Waals surface area contributed by atoms with Gasteiger partial charge in [0.15, 0.2) is 11.6 Å². The molecule has 0 aliphatic carbocycles. The van der Waals surface area contributed by atoms with Gasteiger partial charge in [-0.2, -0.15) is 0 Å². The molecule has 0 heterocycles. The van der Waals surface area contributed by atoms with Crippen LogP contribution in [0.3, 0.4) is 0 Å². The minimum absolute atomic E-state index is 0.309. The summed E-state index contributed by atoms with van der Waals surface area (Å²) in [4.78, 5) is 0. The summed E-state index contributed by atoms with van der Waals surface area (Å²) < 4.78 is 18.9. The zero-order chi connectivity index (χ0) is 14.3. The minimum Gasteiger partial charge on any atom is -0.491 e. The fraction of sp³-hybridized carbons (Fsp3) is 0.600. The van der Waals surface area contributed by atoms with Gasteiger partial charge in [-0.25, -0.2) is 4.39 Å². The summed E-state index contributed by atoms with van der Waals surface area (Å²) in [5.41, 5.74) is 0.794. The quantitative estimate of drug-likeness (QED) is 0.760. The third kappa shape index (κ3) is 5.07. The van der Waals surface area contributed by atoms with Gasteiger partial charge in [-0.3, -0.25) is 0 Å². The number of nitrogens with one attached hydrogen (secondary N) is 2. The first-order valence-corrected chi connectivity index (χ1v) is 6.89. The second-order valence-corrected chi connectivity index (χ2v) is 5.02. The fourth-order valence-corrected chi connectivity index (χ4v) is 1.94. The van der Waals surface area contributed by atoms with Crippen LogP contribution in [0.2, 0.25) is 0 Å². The van der Waals surface area contributed by atoms with E-state index in [0.29, 0.717) is 24.2 Å². The van der Waals surface area contributed by atoms with Gasteiger partial charge in [-0.05, 0) is 44.5 Å². The second kappa shape index (κ2) is 8.00. The second-order valence-electron chi connectivity index (χ2n) is 5.02. The fourth-order valence-electron chi connectivity index (χ4n) is 1.94. The molecule has 0 saturated heterocycles. The Morgan fingerprint density at radius 2 is 2.00 bits per heavy atom. The Hall–Kier alpha value is -1.29. The molecule has 1 aromatic rings. The van der Waals surface area contributed by atoms with E-state index < -0.39 is 0 Å². The van der Waals surface area contributed by atoms with E-state index in [9.17, 15) is 4.39 Å². The minimum atomic E-state index is -0.318. The van der Waals surface area contributed by atoms with Gasteiger partial charge in [0, 0.05) is 18.3 Å². The number of hydrogen-bond donors (Lipinski definition) is 2. The van der Waals surface area contributed by atoms with E-state index >= 15 is 0 Å². The molecule has 0 radical (unpaired) electrons. The normalized spacial score (nSPS) is 12.5. The molecule has 0 aliphatic heterocycles. The summed E-state index contributed by atoms with van der Waals surface area (Å²) >= 11 is 0. The van der Waals surface area contributed by atoms with Gasteiger partial charge < -0.3 is 15.4 Å².